The molecule has 0 unspecified atom stereocenters. The zero-order valence-electron chi connectivity index (χ0n) is 19.5. The highest BCUT2D eigenvalue weighted by molar-refractivity contribution is 7.18. The molecule has 0 aliphatic carbocycles. The Morgan fingerprint density at radius 3 is 2.50 bits per heavy atom. The van der Waals surface area contributed by atoms with Crippen LogP contribution in [-0.2, 0) is 9.47 Å². The molecule has 36 heavy (non-hydrogen) atoms. The summed E-state index contributed by atoms with van der Waals surface area (Å²) in [6, 6.07) is 14.4. The molecule has 1 aliphatic rings. The average molecular weight is 505 g/mol. The van der Waals surface area contributed by atoms with Crippen LogP contribution in [0, 0.1) is 6.92 Å². The van der Waals surface area contributed by atoms with Crippen LogP contribution in [-0.4, -0.2) is 43.8 Å². The Morgan fingerprint density at radius 1 is 0.972 bits per heavy atom. The van der Waals surface area contributed by atoms with E-state index in [9.17, 15) is 14.4 Å². The monoisotopic (exact) mass is 504 g/mol. The van der Waals surface area contributed by atoms with Crippen LogP contribution >= 0.6 is 11.3 Å². The number of esters is 2. The molecule has 0 radical (unpaired) electrons. The molecular weight excluding hydrogens is 484 g/mol. The minimum absolute atomic E-state index is 0.102. The lowest BCUT2D eigenvalue weighted by Crippen LogP contribution is -2.15. The highest BCUT2D eigenvalue weighted by atomic mass is 32.1. The maximum atomic E-state index is 13.6. The average Bonchev–Trinajstić information content (AvgIpc) is 3.50. The predicted octanol–water partition coefficient (Wildman–Crippen LogP) is 4.83. The molecule has 0 saturated carbocycles. The Balaban J connectivity index is 1.59. The number of aromatic nitrogens is 1. The zero-order valence-corrected chi connectivity index (χ0v) is 20.4. The molecule has 0 saturated heterocycles. The van der Waals surface area contributed by atoms with Crippen molar-refractivity contribution in [1.29, 1.82) is 0 Å². The van der Waals surface area contributed by atoms with Crippen LogP contribution in [0.1, 0.15) is 36.0 Å². The Morgan fingerprint density at radius 2 is 1.72 bits per heavy atom. The number of benzene rings is 2. The molecule has 2 aromatic heterocycles. The Hall–Kier alpha value is -4.44. The summed E-state index contributed by atoms with van der Waals surface area (Å²) < 4.78 is 20.6. The van der Waals surface area contributed by atoms with Crippen molar-refractivity contribution in [2.75, 3.05) is 26.3 Å². The van der Waals surface area contributed by atoms with Gasteiger partial charge in [-0.15, -0.1) is 11.3 Å². The van der Waals surface area contributed by atoms with Crippen molar-refractivity contribution in [3.63, 3.8) is 0 Å². The van der Waals surface area contributed by atoms with Gasteiger partial charge in [0.05, 0.1) is 36.6 Å². The predicted molar refractivity (Wildman–Crippen MR) is 133 cm³/mol. The molecule has 1 amide bonds. The van der Waals surface area contributed by atoms with Gasteiger partial charge < -0.3 is 24.3 Å². The van der Waals surface area contributed by atoms with Crippen molar-refractivity contribution in [1.82, 2.24) is 4.98 Å². The van der Waals surface area contributed by atoms with Crippen molar-refractivity contribution in [2.24, 2.45) is 0 Å². The number of amides is 1. The van der Waals surface area contributed by atoms with Crippen molar-refractivity contribution >= 4 is 45.1 Å². The summed E-state index contributed by atoms with van der Waals surface area (Å²) in [5, 5.41) is 3.61. The molecule has 0 spiro atoms. The van der Waals surface area contributed by atoms with E-state index in [1.54, 1.807) is 25.1 Å². The second kappa shape index (κ2) is 9.31. The van der Waals surface area contributed by atoms with E-state index < -0.39 is 17.8 Å². The second-order valence-electron chi connectivity index (χ2n) is 7.84. The third-order valence-corrected chi connectivity index (χ3v) is 6.95. The van der Waals surface area contributed by atoms with Crippen molar-refractivity contribution in [2.45, 2.75) is 6.92 Å². The number of rotatable bonds is 5. The van der Waals surface area contributed by atoms with E-state index in [4.69, 9.17) is 23.9 Å². The van der Waals surface area contributed by atoms with Gasteiger partial charge in [-0.1, -0.05) is 18.2 Å². The molecule has 5 rings (SSSR count). The summed E-state index contributed by atoms with van der Waals surface area (Å²) in [5.74, 6) is -0.515. The number of nitrogens with zero attached hydrogens (tertiary/aromatic N) is 1. The van der Waals surface area contributed by atoms with E-state index in [0.717, 1.165) is 16.9 Å². The van der Waals surface area contributed by atoms with Gasteiger partial charge in [0.15, 0.2) is 11.5 Å². The van der Waals surface area contributed by atoms with Crippen LogP contribution in [0.5, 0.6) is 11.5 Å². The summed E-state index contributed by atoms with van der Waals surface area (Å²) in [7, 11) is 2.48. The summed E-state index contributed by atoms with van der Waals surface area (Å²) in [6.45, 7) is 1.75. The van der Waals surface area contributed by atoms with E-state index in [0.29, 0.717) is 39.2 Å². The number of nitrogens with one attached hydrogen (secondary N) is 1. The fraction of sp³-hybridized carbons (Fsp3) is 0.154. The van der Waals surface area contributed by atoms with Gasteiger partial charge in [0.25, 0.3) is 5.91 Å². The molecular formula is C26H20N2O7S. The van der Waals surface area contributed by atoms with Gasteiger partial charge in [-0.2, -0.15) is 0 Å². The number of fused-ring (bicyclic) bond motifs is 2. The first kappa shape index (κ1) is 23.3. The molecule has 9 nitrogen and oxygen atoms in total. The smallest absolute Gasteiger partial charge is 0.348 e. The topological polar surface area (TPSA) is 113 Å². The first-order valence-corrected chi connectivity index (χ1v) is 11.6. The maximum Gasteiger partial charge on any atom is 0.348 e. The van der Waals surface area contributed by atoms with E-state index in [2.05, 4.69) is 5.32 Å². The van der Waals surface area contributed by atoms with Gasteiger partial charge in [-0.25, -0.2) is 14.6 Å². The summed E-state index contributed by atoms with van der Waals surface area (Å²) in [6.07, 6.45) is 0. The van der Waals surface area contributed by atoms with E-state index >= 15 is 0 Å². The van der Waals surface area contributed by atoms with Crippen molar-refractivity contribution in [3.05, 3.63) is 70.1 Å². The molecule has 10 heteroatoms. The number of methoxy groups -OCH3 is 2. The normalized spacial score (nSPS) is 11.9. The minimum Gasteiger partial charge on any atom is -0.465 e. The molecule has 182 valence electrons. The lowest BCUT2D eigenvalue weighted by atomic mass is 10.0. The Bertz CT molecular complexity index is 1540. The van der Waals surface area contributed by atoms with Crippen LogP contribution in [0.4, 0.5) is 5.00 Å². The first-order chi connectivity index (χ1) is 17.4. The second-order valence-corrected chi connectivity index (χ2v) is 8.86. The Kier molecular flexibility index (Phi) is 6.03. The van der Waals surface area contributed by atoms with E-state index in [1.165, 1.54) is 14.2 Å². The number of anilines is 1. The molecule has 1 aliphatic heterocycles. The fourth-order valence-corrected chi connectivity index (χ4v) is 5.08. The first-order valence-electron chi connectivity index (χ1n) is 10.8. The molecule has 0 fully saturated rings. The van der Waals surface area contributed by atoms with Crippen molar-refractivity contribution < 1.29 is 33.3 Å². The lowest BCUT2D eigenvalue weighted by molar-refractivity contribution is 0.0601. The number of hydrogen-bond acceptors (Lipinski definition) is 9. The van der Waals surface area contributed by atoms with Crippen molar-refractivity contribution in [3.8, 4) is 22.8 Å². The number of pyridine rings is 1. The van der Waals surface area contributed by atoms with Gasteiger partial charge in [0.2, 0.25) is 6.79 Å². The molecule has 2 aromatic carbocycles. The third-order valence-electron chi connectivity index (χ3n) is 5.76. The van der Waals surface area contributed by atoms with Crippen LogP contribution < -0.4 is 14.8 Å². The van der Waals surface area contributed by atoms with Crippen LogP contribution in [0.15, 0.2) is 48.5 Å². The zero-order chi connectivity index (χ0) is 25.4. The maximum absolute atomic E-state index is 13.6. The summed E-state index contributed by atoms with van der Waals surface area (Å²) >= 11 is 0.952. The molecule has 1 N–H and O–H groups in total. The van der Waals surface area contributed by atoms with Gasteiger partial charge >= 0.3 is 11.9 Å². The van der Waals surface area contributed by atoms with Gasteiger partial charge in [0, 0.05) is 10.9 Å². The van der Waals surface area contributed by atoms with E-state index in [1.807, 2.05) is 30.3 Å². The Labute approximate surface area is 209 Å². The number of para-hydroxylation sites is 1. The highest BCUT2D eigenvalue weighted by Gasteiger charge is 2.27. The van der Waals surface area contributed by atoms with Crippen LogP contribution in [0.25, 0.3) is 22.2 Å². The molecule has 0 bridgehead atoms. The molecule has 4 aromatic rings. The number of thiophene rings is 1. The third kappa shape index (κ3) is 4.01. The standard InChI is InChI=1S/C26H20N2O7S/c1-13-21(25(30)32-2)24(36-22(13)26(31)33-3)28-23(29)16-11-18(27-17-7-5-4-6-15(16)17)14-8-9-19-20(10-14)35-12-34-19/h4-11H,12H2,1-3H3,(H,28,29). The number of carbonyl (C=O) groups is 3. The van der Waals surface area contributed by atoms with Gasteiger partial charge in [-0.3, -0.25) is 4.79 Å². The number of carbonyl (C=O) groups excluding carboxylic acids is 3. The minimum atomic E-state index is -0.671. The van der Waals surface area contributed by atoms with E-state index in [-0.39, 0.29) is 22.2 Å². The summed E-state index contributed by atoms with van der Waals surface area (Å²) in [5.41, 5.74) is 2.73. The van der Waals surface area contributed by atoms with Crippen LogP contribution in [0.3, 0.4) is 0 Å². The lowest BCUT2D eigenvalue weighted by Gasteiger charge is -2.11. The molecule has 3 heterocycles. The van der Waals surface area contributed by atoms with Gasteiger partial charge in [0.1, 0.15) is 9.88 Å². The molecule has 0 atom stereocenters. The number of ether oxygens (including phenoxy) is 4. The largest absolute Gasteiger partial charge is 0.465 e. The van der Waals surface area contributed by atoms with Crippen LogP contribution in [0.2, 0.25) is 0 Å². The SMILES string of the molecule is COC(=O)c1sc(NC(=O)c2cc(-c3ccc4c(c3)OCO4)nc3ccccc23)c(C(=O)OC)c1C. The highest BCUT2D eigenvalue weighted by Crippen LogP contribution is 2.37. The quantitative estimate of drug-likeness (QED) is 0.385. The van der Waals surface area contributed by atoms with Gasteiger partial charge in [-0.05, 0) is 42.8 Å². The summed E-state index contributed by atoms with van der Waals surface area (Å²) in [4.78, 5) is 43.2. The fourth-order valence-electron chi connectivity index (χ4n) is 3.97. The number of hydrogen-bond donors (Lipinski definition) is 1.